The first kappa shape index (κ1) is 21.2. The summed E-state index contributed by atoms with van der Waals surface area (Å²) >= 11 is 0. The van der Waals surface area contributed by atoms with Crippen molar-refractivity contribution >= 4 is 11.6 Å². The van der Waals surface area contributed by atoms with Gasteiger partial charge in [-0.25, -0.2) is 19.9 Å². The first-order valence-electron chi connectivity index (χ1n) is 11.0. The van der Waals surface area contributed by atoms with Gasteiger partial charge in [0.2, 0.25) is 11.8 Å². The molecule has 0 unspecified atom stereocenters. The van der Waals surface area contributed by atoms with Gasteiger partial charge in [0.05, 0.1) is 36.8 Å². The minimum Gasteiger partial charge on any atom is -0.481 e. The minimum absolute atomic E-state index is 0.187. The van der Waals surface area contributed by atoms with E-state index in [0.717, 1.165) is 48.3 Å². The van der Waals surface area contributed by atoms with Crippen molar-refractivity contribution in [1.29, 1.82) is 0 Å². The van der Waals surface area contributed by atoms with E-state index in [0.29, 0.717) is 36.3 Å². The van der Waals surface area contributed by atoms with Crippen LogP contribution in [0.3, 0.4) is 0 Å². The topological polar surface area (TPSA) is 107 Å². The highest BCUT2D eigenvalue weighted by Gasteiger charge is 2.34. The predicted octanol–water partition coefficient (Wildman–Crippen LogP) is 2.69. The lowest BCUT2D eigenvalue weighted by Gasteiger charge is -2.32. The maximum atomic E-state index is 13.0. The fourth-order valence-electron chi connectivity index (χ4n) is 4.44. The fourth-order valence-corrected chi connectivity index (χ4v) is 4.44. The first-order chi connectivity index (χ1) is 16.0. The molecular weight excluding hydrogens is 424 g/mol. The molecule has 3 aromatic heterocycles. The van der Waals surface area contributed by atoms with Crippen LogP contribution in [0.1, 0.15) is 45.9 Å². The molecule has 3 aromatic rings. The average Bonchev–Trinajstić information content (AvgIpc) is 3.47. The number of amides is 1. The molecule has 0 aliphatic carbocycles. The zero-order valence-electron chi connectivity index (χ0n) is 18.9. The van der Waals surface area contributed by atoms with Crippen LogP contribution in [0, 0.1) is 13.8 Å². The van der Waals surface area contributed by atoms with Crippen molar-refractivity contribution < 1.29 is 18.7 Å². The first-order valence-corrected chi connectivity index (χ1v) is 11.0. The molecule has 2 aliphatic rings. The number of hydrogen-bond acceptors (Lipinski definition) is 9. The van der Waals surface area contributed by atoms with Crippen LogP contribution in [0.5, 0.6) is 11.8 Å². The molecule has 5 heterocycles. The second-order valence-corrected chi connectivity index (χ2v) is 8.27. The molecule has 33 heavy (non-hydrogen) atoms. The monoisotopic (exact) mass is 450 g/mol. The van der Waals surface area contributed by atoms with E-state index in [4.69, 9.17) is 13.9 Å². The molecule has 0 spiro atoms. The Morgan fingerprint density at radius 3 is 2.79 bits per heavy atom. The van der Waals surface area contributed by atoms with Crippen molar-refractivity contribution in [2.45, 2.75) is 45.9 Å². The number of rotatable bonds is 5. The van der Waals surface area contributed by atoms with Crippen LogP contribution in [0.4, 0.5) is 5.69 Å². The Bertz CT molecular complexity index is 1180. The van der Waals surface area contributed by atoms with Gasteiger partial charge in [-0.15, -0.1) is 0 Å². The number of oxazole rings is 1. The van der Waals surface area contributed by atoms with E-state index in [1.807, 2.05) is 13.1 Å². The molecule has 1 fully saturated rings. The van der Waals surface area contributed by atoms with Crippen LogP contribution in [0.25, 0.3) is 0 Å². The Balaban J connectivity index is 1.37. The lowest BCUT2D eigenvalue weighted by atomic mass is 10.1. The average molecular weight is 450 g/mol. The molecule has 1 saturated heterocycles. The highest BCUT2D eigenvalue weighted by Crippen LogP contribution is 2.32. The summed E-state index contributed by atoms with van der Waals surface area (Å²) in [7, 11) is 1.62. The Hall–Kier alpha value is -3.69. The quantitative estimate of drug-likeness (QED) is 0.580. The van der Waals surface area contributed by atoms with Crippen LogP contribution in [0.2, 0.25) is 0 Å². The fraction of sp³-hybridized carbons (Fsp3) is 0.435. The summed E-state index contributed by atoms with van der Waals surface area (Å²) in [4.78, 5) is 34.3. The lowest BCUT2D eigenvalue weighted by molar-refractivity contribution is 0.0373. The highest BCUT2D eigenvalue weighted by molar-refractivity contribution is 5.93. The largest absolute Gasteiger partial charge is 0.481 e. The summed E-state index contributed by atoms with van der Waals surface area (Å²) in [5.41, 5.74) is 4.22. The number of anilines is 1. The van der Waals surface area contributed by atoms with E-state index < -0.39 is 6.23 Å². The number of hydrogen-bond donors (Lipinski definition) is 0. The van der Waals surface area contributed by atoms with Crippen molar-refractivity contribution in [1.82, 2.24) is 24.8 Å². The van der Waals surface area contributed by atoms with E-state index in [9.17, 15) is 4.79 Å². The number of aromatic nitrogens is 4. The number of nitrogens with zero attached hydrogens (tertiary/aromatic N) is 6. The maximum Gasteiger partial charge on any atom is 0.278 e. The number of methoxy groups -OCH3 is 1. The van der Waals surface area contributed by atoms with Crippen molar-refractivity contribution in [3.05, 3.63) is 53.3 Å². The second kappa shape index (κ2) is 8.68. The zero-order chi connectivity index (χ0) is 22.9. The Morgan fingerprint density at radius 1 is 1.15 bits per heavy atom. The van der Waals surface area contributed by atoms with Gasteiger partial charge < -0.3 is 23.7 Å². The molecule has 1 amide bonds. The van der Waals surface area contributed by atoms with E-state index >= 15 is 0 Å². The molecule has 2 aliphatic heterocycles. The standard InChI is InChI=1S/C23H26N6O4/c1-14-9-16(10-24-21(14)31-3)28-8-6-18-17(11-28)22(26-12-25-18)33-19-5-4-7-29(19)23(30)20-15(2)32-13-27-20/h9-10,12-13,19H,4-8,11H2,1-3H3/t19-/m0/s1. The van der Waals surface area contributed by atoms with Crippen molar-refractivity contribution in [3.63, 3.8) is 0 Å². The molecule has 0 N–H and O–H groups in total. The molecule has 5 rings (SSSR count). The molecule has 0 aromatic carbocycles. The van der Waals surface area contributed by atoms with Gasteiger partial charge in [-0.2, -0.15) is 0 Å². The number of pyridine rings is 1. The molecule has 10 nitrogen and oxygen atoms in total. The highest BCUT2D eigenvalue weighted by atomic mass is 16.5. The van der Waals surface area contributed by atoms with Crippen molar-refractivity contribution in [2.75, 3.05) is 25.1 Å². The molecule has 172 valence electrons. The molecule has 0 radical (unpaired) electrons. The van der Waals surface area contributed by atoms with E-state index in [1.165, 1.54) is 12.7 Å². The van der Waals surface area contributed by atoms with Crippen LogP contribution < -0.4 is 14.4 Å². The summed E-state index contributed by atoms with van der Waals surface area (Å²) in [6.45, 7) is 5.73. The van der Waals surface area contributed by atoms with E-state index in [1.54, 1.807) is 18.9 Å². The normalized spacial score (nSPS) is 17.7. The number of carbonyl (C=O) groups is 1. The van der Waals surface area contributed by atoms with Gasteiger partial charge >= 0.3 is 0 Å². The van der Waals surface area contributed by atoms with Crippen LogP contribution >= 0.6 is 0 Å². The third-order valence-electron chi connectivity index (χ3n) is 6.19. The van der Waals surface area contributed by atoms with Gasteiger partial charge in [0.1, 0.15) is 12.1 Å². The SMILES string of the molecule is COc1ncc(N2CCc3ncnc(O[C@H]4CCCN4C(=O)c4ncoc4C)c3C2)cc1C. The Kier molecular flexibility index (Phi) is 5.57. The van der Waals surface area contributed by atoms with Crippen LogP contribution in [-0.2, 0) is 13.0 Å². The van der Waals surface area contributed by atoms with Gasteiger partial charge in [-0.05, 0) is 26.3 Å². The molecular formula is C23H26N6O4. The van der Waals surface area contributed by atoms with E-state index in [-0.39, 0.29) is 5.91 Å². The van der Waals surface area contributed by atoms with Gasteiger partial charge in [0.25, 0.3) is 5.91 Å². The number of aryl methyl sites for hydroxylation is 2. The number of fused-ring (bicyclic) bond motifs is 1. The molecule has 0 bridgehead atoms. The van der Waals surface area contributed by atoms with Crippen molar-refractivity contribution in [3.8, 4) is 11.8 Å². The molecule has 10 heteroatoms. The van der Waals surface area contributed by atoms with Gasteiger partial charge in [-0.1, -0.05) is 0 Å². The summed E-state index contributed by atoms with van der Waals surface area (Å²) in [5, 5.41) is 0. The Labute approximate surface area is 191 Å². The molecule has 0 saturated carbocycles. The molecule has 1 atom stereocenters. The van der Waals surface area contributed by atoms with Crippen LogP contribution in [0.15, 0.2) is 29.4 Å². The summed E-state index contributed by atoms with van der Waals surface area (Å²) < 4.78 is 16.8. The Morgan fingerprint density at radius 2 is 2.03 bits per heavy atom. The van der Waals surface area contributed by atoms with Gasteiger partial charge in [0.15, 0.2) is 18.3 Å². The zero-order valence-corrected chi connectivity index (χ0v) is 18.9. The van der Waals surface area contributed by atoms with Gasteiger partial charge in [-0.3, -0.25) is 4.79 Å². The predicted molar refractivity (Wildman–Crippen MR) is 118 cm³/mol. The number of likely N-dealkylation sites (tertiary alicyclic amines) is 1. The smallest absolute Gasteiger partial charge is 0.278 e. The van der Waals surface area contributed by atoms with Gasteiger partial charge in [0, 0.05) is 31.5 Å². The number of carbonyl (C=O) groups excluding carboxylic acids is 1. The van der Waals surface area contributed by atoms with Crippen molar-refractivity contribution in [2.24, 2.45) is 0 Å². The maximum absolute atomic E-state index is 13.0. The van der Waals surface area contributed by atoms with E-state index in [2.05, 4.69) is 30.9 Å². The summed E-state index contributed by atoms with van der Waals surface area (Å²) in [5.74, 6) is 1.46. The summed E-state index contributed by atoms with van der Waals surface area (Å²) in [6.07, 6.45) is 6.58. The number of ether oxygens (including phenoxy) is 2. The second-order valence-electron chi connectivity index (χ2n) is 8.27. The minimum atomic E-state index is -0.409. The third-order valence-corrected chi connectivity index (χ3v) is 6.19. The third kappa shape index (κ3) is 3.96. The summed E-state index contributed by atoms with van der Waals surface area (Å²) in [6, 6.07) is 2.07. The van der Waals surface area contributed by atoms with Crippen LogP contribution in [-0.4, -0.2) is 57.2 Å². The lowest BCUT2D eigenvalue weighted by Crippen LogP contribution is -2.40.